The molecule has 0 aromatic carbocycles. The Balaban J connectivity index is 3.32. The Hall–Kier alpha value is -2.16. The van der Waals surface area contributed by atoms with Gasteiger partial charge in [0.15, 0.2) is 6.54 Å². The predicted octanol–water partition coefficient (Wildman–Crippen LogP) is 8.94. The molecule has 0 heterocycles. The van der Waals surface area contributed by atoms with Crippen molar-refractivity contribution in [2.24, 2.45) is 0 Å². The fourth-order valence-electron chi connectivity index (χ4n) is 5.64. The number of hydrogen-bond donors (Lipinski definition) is 1. The lowest BCUT2D eigenvalue weighted by Crippen LogP contribution is -2.46. The molecule has 0 saturated carbocycles. The third kappa shape index (κ3) is 36.5. The van der Waals surface area contributed by atoms with Crippen LogP contribution in [0.2, 0.25) is 0 Å². The van der Waals surface area contributed by atoms with Gasteiger partial charge in [-0.25, -0.2) is 4.79 Å². The molecule has 0 spiro atoms. The van der Waals surface area contributed by atoms with Gasteiger partial charge in [-0.3, -0.25) is 14.4 Å². The van der Waals surface area contributed by atoms with Gasteiger partial charge in [0.25, 0.3) is 0 Å². The van der Waals surface area contributed by atoms with E-state index in [4.69, 9.17) is 19.3 Å². The van der Waals surface area contributed by atoms with Crippen molar-refractivity contribution in [3.63, 3.8) is 0 Å². The highest BCUT2D eigenvalue weighted by atomic mass is 16.5. The molecular formula is C38H72NO8+. The fraction of sp³-hybridized carbons (Fsp3) is 0.895. The van der Waals surface area contributed by atoms with Gasteiger partial charge in [0.05, 0.1) is 27.3 Å². The van der Waals surface area contributed by atoms with E-state index in [1.165, 1.54) is 96.8 Å². The van der Waals surface area contributed by atoms with Gasteiger partial charge in [-0.2, -0.15) is 0 Å². The average molecular weight is 671 g/mol. The highest BCUT2D eigenvalue weighted by molar-refractivity contribution is 5.70. The minimum absolute atomic E-state index is 0.0478. The van der Waals surface area contributed by atoms with Crippen LogP contribution in [-0.4, -0.2) is 80.5 Å². The summed E-state index contributed by atoms with van der Waals surface area (Å²) in [4.78, 5) is 45.4. The Bertz CT molecular complexity index is 786. The van der Waals surface area contributed by atoms with Gasteiger partial charge < -0.3 is 23.8 Å². The number of hydrogen-bond acceptors (Lipinski definition) is 7. The Morgan fingerprint density at radius 1 is 0.447 bits per heavy atom. The van der Waals surface area contributed by atoms with Gasteiger partial charge in [-0.05, 0) is 25.7 Å². The molecule has 47 heavy (non-hydrogen) atoms. The number of unbranched alkanes of at least 4 members (excludes halogenated alkanes) is 22. The molecule has 0 atom stereocenters. The minimum atomic E-state index is -0.676. The number of carbonyl (C=O) groups excluding carboxylic acids is 3. The standard InChI is InChI=1S/C38H71NO8/c1-35(40)45-33-30-39(2,3)34-38(44)47-32-27-23-19-15-14-18-22-26-31-46-37(43)29-25-21-17-13-11-9-7-5-4-6-8-10-12-16-20-24-28-36(41)42/h4-34H2,1-3H3/p+1. The summed E-state index contributed by atoms with van der Waals surface area (Å²) in [5.41, 5.74) is 0. The topological polar surface area (TPSA) is 116 Å². The van der Waals surface area contributed by atoms with Crippen molar-refractivity contribution in [1.29, 1.82) is 0 Å². The van der Waals surface area contributed by atoms with Gasteiger partial charge in [-0.1, -0.05) is 128 Å². The molecule has 0 aliphatic heterocycles. The average Bonchev–Trinajstić information content (AvgIpc) is 3.00. The van der Waals surface area contributed by atoms with Crippen LogP contribution in [0.15, 0.2) is 0 Å². The number of carboxylic acids is 1. The first-order valence-electron chi connectivity index (χ1n) is 19.1. The summed E-state index contributed by atoms with van der Waals surface area (Å²) < 4.78 is 16.2. The summed E-state index contributed by atoms with van der Waals surface area (Å²) in [5.74, 6) is -1.24. The summed E-state index contributed by atoms with van der Waals surface area (Å²) in [6.07, 6.45) is 28.9. The number of aliphatic carboxylic acids is 1. The number of quaternary nitrogens is 1. The normalized spacial score (nSPS) is 11.4. The zero-order valence-corrected chi connectivity index (χ0v) is 30.7. The van der Waals surface area contributed by atoms with E-state index in [2.05, 4.69) is 0 Å². The minimum Gasteiger partial charge on any atom is -0.481 e. The van der Waals surface area contributed by atoms with E-state index in [0.717, 1.165) is 64.2 Å². The Kier molecular flexibility index (Phi) is 30.9. The van der Waals surface area contributed by atoms with Crippen LogP contribution in [0.1, 0.15) is 174 Å². The van der Waals surface area contributed by atoms with E-state index in [-0.39, 0.29) is 24.5 Å². The molecule has 0 bridgehead atoms. The molecule has 9 nitrogen and oxygen atoms in total. The first-order valence-corrected chi connectivity index (χ1v) is 19.1. The number of nitrogens with zero attached hydrogens (tertiary/aromatic N) is 1. The van der Waals surface area contributed by atoms with Crippen LogP contribution in [-0.2, 0) is 33.4 Å². The summed E-state index contributed by atoms with van der Waals surface area (Å²) in [5, 5.41) is 8.64. The molecule has 9 heteroatoms. The van der Waals surface area contributed by atoms with Gasteiger partial charge in [0, 0.05) is 19.8 Å². The highest BCUT2D eigenvalue weighted by Crippen LogP contribution is 2.15. The maximum atomic E-state index is 12.1. The molecule has 0 aromatic rings. The molecule has 0 saturated heterocycles. The van der Waals surface area contributed by atoms with Crippen LogP contribution in [0.5, 0.6) is 0 Å². The van der Waals surface area contributed by atoms with Gasteiger partial charge in [0.1, 0.15) is 13.2 Å². The quantitative estimate of drug-likeness (QED) is 0.0308. The number of carboxylic acid groups (broad SMARTS) is 1. The monoisotopic (exact) mass is 671 g/mol. The molecule has 0 amide bonds. The van der Waals surface area contributed by atoms with Crippen LogP contribution >= 0.6 is 0 Å². The summed E-state index contributed by atoms with van der Waals surface area (Å²) >= 11 is 0. The highest BCUT2D eigenvalue weighted by Gasteiger charge is 2.21. The molecule has 0 aliphatic rings. The van der Waals surface area contributed by atoms with Gasteiger partial charge in [-0.15, -0.1) is 0 Å². The zero-order valence-electron chi connectivity index (χ0n) is 30.7. The second-order valence-corrected chi connectivity index (χ2v) is 14.0. The lowest BCUT2D eigenvalue weighted by Gasteiger charge is -2.28. The van der Waals surface area contributed by atoms with Crippen LogP contribution in [0, 0.1) is 0 Å². The summed E-state index contributed by atoms with van der Waals surface area (Å²) in [6.45, 7) is 3.52. The third-order valence-electron chi connectivity index (χ3n) is 8.65. The SMILES string of the molecule is CC(=O)OCC[N+](C)(C)CC(=O)OCCCCCCCCCCOC(=O)CCCCCCCCCCCCCCCCCCC(=O)O. The third-order valence-corrected chi connectivity index (χ3v) is 8.65. The molecule has 0 rings (SSSR count). The molecule has 1 N–H and O–H groups in total. The van der Waals surface area contributed by atoms with Crippen LogP contribution in [0.25, 0.3) is 0 Å². The summed E-state index contributed by atoms with van der Waals surface area (Å²) in [7, 11) is 3.84. The first kappa shape index (κ1) is 44.8. The number of rotatable bonds is 35. The molecule has 0 aromatic heterocycles. The Morgan fingerprint density at radius 2 is 0.787 bits per heavy atom. The van der Waals surface area contributed by atoms with Crippen molar-refractivity contribution >= 4 is 23.9 Å². The zero-order chi connectivity index (χ0) is 34.9. The first-order chi connectivity index (χ1) is 22.6. The number of likely N-dealkylation sites (N-methyl/N-ethyl adjacent to an activating group) is 1. The number of ether oxygens (including phenoxy) is 3. The largest absolute Gasteiger partial charge is 0.481 e. The second kappa shape index (κ2) is 32.4. The lowest BCUT2D eigenvalue weighted by molar-refractivity contribution is -0.883. The van der Waals surface area contributed by atoms with E-state index >= 15 is 0 Å². The number of esters is 3. The molecule has 0 unspecified atom stereocenters. The van der Waals surface area contributed by atoms with E-state index in [1.807, 2.05) is 14.1 Å². The molecule has 0 aliphatic carbocycles. The summed E-state index contributed by atoms with van der Waals surface area (Å²) in [6, 6.07) is 0. The van der Waals surface area contributed by atoms with Crippen molar-refractivity contribution in [3.8, 4) is 0 Å². The smallest absolute Gasteiger partial charge is 0.361 e. The van der Waals surface area contributed by atoms with Gasteiger partial charge in [0.2, 0.25) is 0 Å². The van der Waals surface area contributed by atoms with E-state index < -0.39 is 5.97 Å². The Morgan fingerprint density at radius 3 is 1.17 bits per heavy atom. The predicted molar refractivity (Wildman–Crippen MR) is 188 cm³/mol. The van der Waals surface area contributed by atoms with E-state index in [1.54, 1.807) is 0 Å². The van der Waals surface area contributed by atoms with Crippen molar-refractivity contribution in [3.05, 3.63) is 0 Å². The second-order valence-electron chi connectivity index (χ2n) is 14.0. The van der Waals surface area contributed by atoms with Crippen LogP contribution in [0.3, 0.4) is 0 Å². The maximum absolute atomic E-state index is 12.1. The van der Waals surface area contributed by atoms with Crippen molar-refractivity contribution < 1.29 is 43.0 Å². The van der Waals surface area contributed by atoms with Crippen molar-refractivity contribution in [2.45, 2.75) is 174 Å². The number of carbonyl (C=O) groups is 4. The molecular weight excluding hydrogens is 598 g/mol. The molecule has 0 radical (unpaired) electrons. The van der Waals surface area contributed by atoms with Gasteiger partial charge >= 0.3 is 23.9 Å². The van der Waals surface area contributed by atoms with Crippen LogP contribution in [0.4, 0.5) is 0 Å². The molecule has 0 fully saturated rings. The van der Waals surface area contributed by atoms with Crippen LogP contribution < -0.4 is 0 Å². The van der Waals surface area contributed by atoms with Crippen molar-refractivity contribution in [2.75, 3.05) is 47.0 Å². The Labute approximate surface area is 287 Å². The van der Waals surface area contributed by atoms with Crippen molar-refractivity contribution in [1.82, 2.24) is 0 Å². The molecule has 276 valence electrons. The van der Waals surface area contributed by atoms with E-state index in [0.29, 0.717) is 43.7 Å². The van der Waals surface area contributed by atoms with E-state index in [9.17, 15) is 19.2 Å². The maximum Gasteiger partial charge on any atom is 0.361 e. The fourth-order valence-corrected chi connectivity index (χ4v) is 5.64. The lowest BCUT2D eigenvalue weighted by atomic mass is 10.0.